The smallest absolute Gasteiger partial charge is 0.129 e. The van der Waals surface area contributed by atoms with Crippen LogP contribution in [0.2, 0.25) is 0 Å². The molecule has 0 fully saturated rings. The Kier molecular flexibility index (Phi) is 5.04. The maximum absolute atomic E-state index is 4.23. The molecular formula is C10H16BrN3. The van der Waals surface area contributed by atoms with Crippen molar-refractivity contribution in [3.05, 3.63) is 22.7 Å². The van der Waals surface area contributed by atoms with E-state index in [2.05, 4.69) is 44.6 Å². The predicted molar refractivity (Wildman–Crippen MR) is 61.2 cm³/mol. The molecule has 1 heterocycles. The van der Waals surface area contributed by atoms with Crippen molar-refractivity contribution in [2.75, 3.05) is 19.6 Å². The lowest BCUT2D eigenvalue weighted by molar-refractivity contribution is 0.305. The van der Waals surface area contributed by atoms with Gasteiger partial charge in [-0.1, -0.05) is 13.8 Å². The van der Waals surface area contributed by atoms with Crippen LogP contribution in [0.1, 0.15) is 19.7 Å². The summed E-state index contributed by atoms with van der Waals surface area (Å²) in [4.78, 5) is 10.8. The van der Waals surface area contributed by atoms with Gasteiger partial charge in [0.25, 0.3) is 0 Å². The minimum atomic E-state index is 0.917. The van der Waals surface area contributed by atoms with E-state index in [9.17, 15) is 0 Å². The van der Waals surface area contributed by atoms with Crippen molar-refractivity contribution in [1.29, 1.82) is 0 Å². The van der Waals surface area contributed by atoms with Crippen molar-refractivity contribution in [3.8, 4) is 0 Å². The molecule has 1 aromatic heterocycles. The average Bonchev–Trinajstić information content (AvgIpc) is 2.22. The Hall–Kier alpha value is -0.480. The third-order valence-electron chi connectivity index (χ3n) is 2.22. The molecule has 0 radical (unpaired) electrons. The van der Waals surface area contributed by atoms with Crippen LogP contribution in [-0.2, 0) is 6.42 Å². The molecule has 1 aromatic rings. The van der Waals surface area contributed by atoms with E-state index in [-0.39, 0.29) is 0 Å². The van der Waals surface area contributed by atoms with Crippen LogP contribution in [0.25, 0.3) is 0 Å². The molecule has 0 saturated carbocycles. The van der Waals surface area contributed by atoms with Crippen molar-refractivity contribution >= 4 is 15.9 Å². The molecule has 4 heteroatoms. The van der Waals surface area contributed by atoms with Gasteiger partial charge in [-0.25, -0.2) is 9.97 Å². The highest BCUT2D eigenvalue weighted by molar-refractivity contribution is 9.10. The SMILES string of the molecule is CCN(CC)CCc1ncc(Br)cn1. The van der Waals surface area contributed by atoms with Gasteiger partial charge in [-0.2, -0.15) is 0 Å². The zero-order valence-electron chi connectivity index (χ0n) is 8.70. The normalized spacial score (nSPS) is 10.9. The highest BCUT2D eigenvalue weighted by atomic mass is 79.9. The number of halogens is 1. The minimum Gasteiger partial charge on any atom is -0.303 e. The van der Waals surface area contributed by atoms with Gasteiger partial charge in [0.05, 0.1) is 4.47 Å². The van der Waals surface area contributed by atoms with Gasteiger partial charge in [0, 0.05) is 25.4 Å². The Morgan fingerprint density at radius 2 is 1.79 bits per heavy atom. The summed E-state index contributed by atoms with van der Waals surface area (Å²) in [5.41, 5.74) is 0. The summed E-state index contributed by atoms with van der Waals surface area (Å²) in [6.45, 7) is 7.56. The van der Waals surface area contributed by atoms with Crippen LogP contribution in [0.4, 0.5) is 0 Å². The molecule has 0 unspecified atom stereocenters. The monoisotopic (exact) mass is 257 g/mol. The van der Waals surface area contributed by atoms with E-state index in [0.717, 1.165) is 36.4 Å². The summed E-state index contributed by atoms with van der Waals surface area (Å²) in [6.07, 6.45) is 4.52. The second kappa shape index (κ2) is 6.09. The van der Waals surface area contributed by atoms with E-state index in [1.807, 2.05) is 0 Å². The quantitative estimate of drug-likeness (QED) is 0.810. The van der Waals surface area contributed by atoms with Crippen LogP contribution >= 0.6 is 15.9 Å². The Bertz CT molecular complexity index is 257. The molecule has 0 bridgehead atoms. The van der Waals surface area contributed by atoms with Crippen LogP contribution in [0.15, 0.2) is 16.9 Å². The van der Waals surface area contributed by atoms with E-state index >= 15 is 0 Å². The lowest BCUT2D eigenvalue weighted by atomic mass is 10.3. The number of hydrogen-bond donors (Lipinski definition) is 0. The van der Waals surface area contributed by atoms with Crippen molar-refractivity contribution in [1.82, 2.24) is 14.9 Å². The summed E-state index contributed by atoms with van der Waals surface area (Å²) in [7, 11) is 0. The second-order valence-corrected chi connectivity index (χ2v) is 4.01. The van der Waals surface area contributed by atoms with E-state index in [1.54, 1.807) is 12.4 Å². The standard InChI is InChI=1S/C10H16BrN3/c1-3-14(4-2)6-5-10-12-7-9(11)8-13-10/h7-8H,3-6H2,1-2H3. The first kappa shape index (κ1) is 11.6. The molecule has 0 aliphatic rings. The van der Waals surface area contributed by atoms with Crippen LogP contribution in [0.5, 0.6) is 0 Å². The van der Waals surface area contributed by atoms with Gasteiger partial charge >= 0.3 is 0 Å². The third-order valence-corrected chi connectivity index (χ3v) is 2.63. The highest BCUT2D eigenvalue weighted by Gasteiger charge is 2.01. The lowest BCUT2D eigenvalue weighted by Crippen LogP contribution is -2.25. The molecule has 0 saturated heterocycles. The molecule has 0 N–H and O–H groups in total. The maximum Gasteiger partial charge on any atom is 0.129 e. The number of rotatable bonds is 5. The average molecular weight is 258 g/mol. The largest absolute Gasteiger partial charge is 0.303 e. The van der Waals surface area contributed by atoms with Gasteiger partial charge in [0.15, 0.2) is 0 Å². The van der Waals surface area contributed by atoms with E-state index in [4.69, 9.17) is 0 Å². The molecule has 14 heavy (non-hydrogen) atoms. The van der Waals surface area contributed by atoms with Crippen molar-refractivity contribution < 1.29 is 0 Å². The summed E-state index contributed by atoms with van der Waals surface area (Å²) in [6, 6.07) is 0. The maximum atomic E-state index is 4.23. The fourth-order valence-electron chi connectivity index (χ4n) is 1.27. The van der Waals surface area contributed by atoms with Gasteiger partial charge < -0.3 is 4.90 Å². The fourth-order valence-corrected chi connectivity index (χ4v) is 1.47. The van der Waals surface area contributed by atoms with E-state index in [0.29, 0.717) is 0 Å². The fraction of sp³-hybridized carbons (Fsp3) is 0.600. The highest BCUT2D eigenvalue weighted by Crippen LogP contribution is 2.04. The first-order valence-electron chi connectivity index (χ1n) is 4.95. The number of hydrogen-bond acceptors (Lipinski definition) is 3. The Labute approximate surface area is 93.7 Å². The zero-order valence-corrected chi connectivity index (χ0v) is 10.3. The first-order valence-corrected chi connectivity index (χ1v) is 5.74. The topological polar surface area (TPSA) is 29.0 Å². The third kappa shape index (κ3) is 3.72. The van der Waals surface area contributed by atoms with Crippen molar-refractivity contribution in [2.24, 2.45) is 0 Å². The zero-order chi connectivity index (χ0) is 10.4. The van der Waals surface area contributed by atoms with Gasteiger partial charge in [0.2, 0.25) is 0 Å². The minimum absolute atomic E-state index is 0.917. The van der Waals surface area contributed by atoms with Crippen LogP contribution in [0.3, 0.4) is 0 Å². The number of likely N-dealkylation sites (N-methyl/N-ethyl adjacent to an activating group) is 1. The molecule has 0 atom stereocenters. The first-order chi connectivity index (χ1) is 6.76. The summed E-state index contributed by atoms with van der Waals surface area (Å²) in [5, 5.41) is 0. The molecule has 0 amide bonds. The molecule has 3 nitrogen and oxygen atoms in total. The molecular weight excluding hydrogens is 242 g/mol. The number of aromatic nitrogens is 2. The summed E-state index contributed by atoms with van der Waals surface area (Å²) >= 11 is 3.32. The van der Waals surface area contributed by atoms with Crippen LogP contribution in [0, 0.1) is 0 Å². The number of nitrogens with zero attached hydrogens (tertiary/aromatic N) is 3. The summed E-state index contributed by atoms with van der Waals surface area (Å²) in [5.74, 6) is 0.917. The van der Waals surface area contributed by atoms with Crippen LogP contribution in [-0.4, -0.2) is 34.5 Å². The Balaban J connectivity index is 2.41. The van der Waals surface area contributed by atoms with E-state index < -0.39 is 0 Å². The molecule has 0 spiro atoms. The van der Waals surface area contributed by atoms with Gasteiger partial charge in [-0.3, -0.25) is 0 Å². The van der Waals surface area contributed by atoms with Crippen LogP contribution < -0.4 is 0 Å². The van der Waals surface area contributed by atoms with Gasteiger partial charge in [-0.05, 0) is 29.0 Å². The lowest BCUT2D eigenvalue weighted by Gasteiger charge is -2.16. The summed E-state index contributed by atoms with van der Waals surface area (Å²) < 4.78 is 0.934. The van der Waals surface area contributed by atoms with Gasteiger partial charge in [-0.15, -0.1) is 0 Å². The molecule has 78 valence electrons. The predicted octanol–water partition coefficient (Wildman–Crippen LogP) is 2.12. The van der Waals surface area contributed by atoms with Crippen molar-refractivity contribution in [2.45, 2.75) is 20.3 Å². The Morgan fingerprint density at radius 1 is 1.21 bits per heavy atom. The molecule has 1 rings (SSSR count). The van der Waals surface area contributed by atoms with E-state index in [1.165, 1.54) is 0 Å². The van der Waals surface area contributed by atoms with Crippen molar-refractivity contribution in [3.63, 3.8) is 0 Å². The Morgan fingerprint density at radius 3 is 2.29 bits per heavy atom. The van der Waals surface area contributed by atoms with Gasteiger partial charge in [0.1, 0.15) is 5.82 Å². The molecule has 0 aliphatic carbocycles. The molecule has 0 aromatic carbocycles. The molecule has 0 aliphatic heterocycles. The second-order valence-electron chi connectivity index (χ2n) is 3.09.